The Labute approximate surface area is 155 Å². The molecule has 4 rings (SSSR count). The van der Waals surface area contributed by atoms with Gasteiger partial charge in [0.2, 0.25) is 5.88 Å². The number of carboxylic acid groups (broad SMARTS) is 1. The Hall–Kier alpha value is -1.82. The highest BCUT2D eigenvalue weighted by molar-refractivity contribution is 6.47. The van der Waals surface area contributed by atoms with Crippen LogP contribution >= 0.6 is 23.2 Å². The molecule has 2 aliphatic rings. The molecule has 1 aliphatic heterocycles. The Balaban J connectivity index is 0.000000146. The maximum absolute atomic E-state index is 10.7. The van der Waals surface area contributed by atoms with Gasteiger partial charge in [0.15, 0.2) is 4.46 Å². The van der Waals surface area contributed by atoms with Crippen molar-refractivity contribution in [1.82, 2.24) is 4.98 Å². The lowest BCUT2D eigenvalue weighted by atomic mass is 10.0. The molecule has 1 atom stereocenters. The van der Waals surface area contributed by atoms with E-state index >= 15 is 0 Å². The molecule has 1 fully saturated rings. The summed E-state index contributed by atoms with van der Waals surface area (Å²) in [5.74, 6) is -0.336. The first-order chi connectivity index (χ1) is 11.9. The van der Waals surface area contributed by atoms with Gasteiger partial charge in [-0.05, 0) is 30.4 Å². The number of benzene rings is 1. The second-order valence-corrected chi connectivity index (χ2v) is 7.47. The maximum Gasteiger partial charge on any atom is 0.314 e. The number of carboxylic acids is 1. The minimum absolute atomic E-state index is 0.196. The smallest absolute Gasteiger partial charge is 0.314 e. The molecular weight excluding hydrogens is 363 g/mol. The number of nitrogens with two attached hydrogens (primary N) is 1. The quantitative estimate of drug-likeness (QED) is 0.625. The van der Waals surface area contributed by atoms with Crippen LogP contribution in [0.1, 0.15) is 41.4 Å². The number of hydrogen-bond donors (Lipinski definition) is 2. The van der Waals surface area contributed by atoms with E-state index in [1.54, 1.807) is 18.3 Å². The molecule has 0 saturated heterocycles. The lowest BCUT2D eigenvalue weighted by molar-refractivity contribution is -0.138. The van der Waals surface area contributed by atoms with E-state index in [1.165, 1.54) is 18.4 Å². The van der Waals surface area contributed by atoms with Gasteiger partial charge >= 0.3 is 5.97 Å². The fourth-order valence-electron chi connectivity index (χ4n) is 2.80. The van der Waals surface area contributed by atoms with Gasteiger partial charge in [-0.3, -0.25) is 10.5 Å². The zero-order chi connectivity index (χ0) is 18.0. The lowest BCUT2D eigenvalue weighted by Gasteiger charge is -2.17. The molecule has 1 saturated carbocycles. The fourth-order valence-corrected chi connectivity index (χ4v) is 3.14. The van der Waals surface area contributed by atoms with Crippen molar-refractivity contribution in [2.45, 2.75) is 29.1 Å². The molecule has 0 spiro atoms. The van der Waals surface area contributed by atoms with Crippen LogP contribution in [0.15, 0.2) is 42.6 Å². The van der Waals surface area contributed by atoms with E-state index < -0.39 is 16.3 Å². The third kappa shape index (κ3) is 4.24. The van der Waals surface area contributed by atoms with Gasteiger partial charge in [-0.25, -0.2) is 4.98 Å². The van der Waals surface area contributed by atoms with Crippen LogP contribution in [-0.4, -0.2) is 22.7 Å². The number of pyridine rings is 1. The topological polar surface area (TPSA) is 85.4 Å². The van der Waals surface area contributed by atoms with Gasteiger partial charge in [0.05, 0.1) is 0 Å². The average molecular weight is 381 g/mol. The molecule has 25 heavy (non-hydrogen) atoms. The zero-order valence-corrected chi connectivity index (χ0v) is 14.9. The van der Waals surface area contributed by atoms with E-state index in [0.29, 0.717) is 17.4 Å². The Bertz CT molecular complexity index is 773. The van der Waals surface area contributed by atoms with Gasteiger partial charge in [-0.15, -0.1) is 0 Å². The third-order valence-electron chi connectivity index (χ3n) is 4.20. The number of fused-ring (bicyclic) bond motifs is 1. The highest BCUT2D eigenvalue weighted by Gasteiger charge is 2.32. The number of carbonyl (C=O) groups is 1. The number of rotatable bonds is 3. The van der Waals surface area contributed by atoms with Gasteiger partial charge in [-0.1, -0.05) is 53.5 Å². The number of halogens is 2. The molecule has 1 aliphatic carbocycles. The van der Waals surface area contributed by atoms with Crippen LogP contribution in [0.2, 0.25) is 0 Å². The van der Waals surface area contributed by atoms with Crippen molar-refractivity contribution in [3.05, 3.63) is 59.3 Å². The summed E-state index contributed by atoms with van der Waals surface area (Å²) < 4.78 is 3.83. The molecule has 0 bridgehead atoms. The van der Waals surface area contributed by atoms with Gasteiger partial charge < -0.3 is 9.84 Å². The van der Waals surface area contributed by atoms with E-state index in [4.69, 9.17) is 38.8 Å². The van der Waals surface area contributed by atoms with Crippen molar-refractivity contribution in [1.29, 1.82) is 0 Å². The standard InChI is InChI=1S/C10H11Cl2N.C8H7NO3/c11-10(12,13)9-4-2-1-3-8(9)7-5-6-7;10-8(11)6-4-12-7-5(6)2-1-3-9-7/h1-4,7H,5-6,13H2;1-3,6H,4H2,(H,10,11). The van der Waals surface area contributed by atoms with Crippen LogP contribution < -0.4 is 10.5 Å². The van der Waals surface area contributed by atoms with Crippen LogP contribution in [-0.2, 0) is 9.25 Å². The highest BCUT2D eigenvalue weighted by Crippen LogP contribution is 2.45. The van der Waals surface area contributed by atoms with E-state index in [0.717, 1.165) is 5.56 Å². The molecule has 0 radical (unpaired) electrons. The summed E-state index contributed by atoms with van der Waals surface area (Å²) in [6.07, 6.45) is 4.03. The second kappa shape index (κ2) is 7.20. The number of hydrogen-bond acceptors (Lipinski definition) is 4. The van der Waals surface area contributed by atoms with Crippen molar-refractivity contribution in [3.63, 3.8) is 0 Å². The van der Waals surface area contributed by atoms with Gasteiger partial charge in [0.25, 0.3) is 0 Å². The lowest BCUT2D eigenvalue weighted by Crippen LogP contribution is -2.23. The fraction of sp³-hybridized carbons (Fsp3) is 0.333. The monoisotopic (exact) mass is 380 g/mol. The van der Waals surface area contributed by atoms with Crippen LogP contribution in [0.5, 0.6) is 5.88 Å². The minimum Gasteiger partial charge on any atom is -0.481 e. The summed E-state index contributed by atoms with van der Waals surface area (Å²) >= 11 is 11.8. The number of ether oxygens (including phenoxy) is 1. The molecule has 7 heteroatoms. The molecule has 0 amide bonds. The Morgan fingerprint density at radius 3 is 2.52 bits per heavy atom. The highest BCUT2D eigenvalue weighted by atomic mass is 35.5. The summed E-state index contributed by atoms with van der Waals surface area (Å²) in [6, 6.07) is 11.3. The van der Waals surface area contributed by atoms with Gasteiger partial charge in [-0.2, -0.15) is 0 Å². The molecule has 132 valence electrons. The zero-order valence-electron chi connectivity index (χ0n) is 13.4. The SMILES string of the molecule is NC(Cl)(Cl)c1ccccc1C1CC1.O=C(O)C1COc2ncccc21. The van der Waals surface area contributed by atoms with Crippen LogP contribution in [0.4, 0.5) is 0 Å². The summed E-state index contributed by atoms with van der Waals surface area (Å²) in [7, 11) is 0. The number of aromatic nitrogens is 1. The molecule has 5 nitrogen and oxygen atoms in total. The van der Waals surface area contributed by atoms with Crippen molar-refractivity contribution in [2.75, 3.05) is 6.61 Å². The number of aliphatic carboxylic acids is 1. The predicted octanol–water partition coefficient (Wildman–Crippen LogP) is 3.75. The summed E-state index contributed by atoms with van der Waals surface area (Å²) in [5.41, 5.74) is 8.38. The molecule has 2 aromatic rings. The second-order valence-electron chi connectivity index (χ2n) is 6.08. The predicted molar refractivity (Wildman–Crippen MR) is 96.1 cm³/mol. The summed E-state index contributed by atoms with van der Waals surface area (Å²) in [4.78, 5) is 14.6. The van der Waals surface area contributed by atoms with E-state index in [1.807, 2.05) is 18.2 Å². The number of nitrogens with zero attached hydrogens (tertiary/aromatic N) is 1. The van der Waals surface area contributed by atoms with Crippen LogP contribution in [0.25, 0.3) is 0 Å². The first kappa shape index (κ1) is 18.0. The molecule has 1 aromatic heterocycles. The van der Waals surface area contributed by atoms with Crippen LogP contribution in [0.3, 0.4) is 0 Å². The minimum atomic E-state index is -1.25. The average Bonchev–Trinajstić information content (AvgIpc) is 3.33. The largest absolute Gasteiger partial charge is 0.481 e. The first-order valence-electron chi connectivity index (χ1n) is 7.94. The summed E-state index contributed by atoms with van der Waals surface area (Å²) in [5, 5.41) is 8.75. The maximum atomic E-state index is 10.7. The third-order valence-corrected chi connectivity index (χ3v) is 4.61. The van der Waals surface area contributed by atoms with Crippen molar-refractivity contribution in [3.8, 4) is 5.88 Å². The van der Waals surface area contributed by atoms with E-state index in [2.05, 4.69) is 11.1 Å². The molecule has 1 unspecified atom stereocenters. The molecule has 2 heterocycles. The first-order valence-corrected chi connectivity index (χ1v) is 8.70. The molecular formula is C18H18Cl2N2O3. The van der Waals surface area contributed by atoms with Gasteiger partial charge in [0.1, 0.15) is 12.5 Å². The van der Waals surface area contributed by atoms with Crippen molar-refractivity contribution >= 4 is 29.2 Å². The Morgan fingerprint density at radius 2 is 1.88 bits per heavy atom. The number of alkyl halides is 2. The Morgan fingerprint density at radius 1 is 1.20 bits per heavy atom. The normalized spacial score (nSPS) is 18.6. The molecule has 1 aromatic carbocycles. The van der Waals surface area contributed by atoms with E-state index in [-0.39, 0.29) is 6.61 Å². The van der Waals surface area contributed by atoms with Crippen LogP contribution in [0, 0.1) is 0 Å². The summed E-state index contributed by atoms with van der Waals surface area (Å²) in [6.45, 7) is 0.196. The Kier molecular flexibility index (Phi) is 5.18. The van der Waals surface area contributed by atoms with E-state index in [9.17, 15) is 4.79 Å². The van der Waals surface area contributed by atoms with Crippen molar-refractivity contribution in [2.24, 2.45) is 5.73 Å². The molecule has 3 N–H and O–H groups in total. The van der Waals surface area contributed by atoms with Crippen molar-refractivity contribution < 1.29 is 14.6 Å². The van der Waals surface area contributed by atoms with Gasteiger partial charge in [0, 0.05) is 17.3 Å².